The van der Waals surface area contributed by atoms with Gasteiger partial charge in [-0.2, -0.15) is 0 Å². The fraction of sp³-hybridized carbons (Fsp3) is 0.333. The van der Waals surface area contributed by atoms with Gasteiger partial charge < -0.3 is 24.4 Å². The Morgan fingerprint density at radius 2 is 1.70 bits per heavy atom. The Morgan fingerprint density at radius 3 is 2.40 bits per heavy atom. The molecule has 7 heteroatoms. The van der Waals surface area contributed by atoms with Gasteiger partial charge in [0.05, 0.1) is 18.2 Å². The number of para-hydroxylation sites is 1. The summed E-state index contributed by atoms with van der Waals surface area (Å²) in [5, 5.41) is 11.5. The van der Waals surface area contributed by atoms with Gasteiger partial charge in [-0.3, -0.25) is 9.59 Å². The van der Waals surface area contributed by atoms with Crippen LogP contribution in [0.1, 0.15) is 48.9 Å². The van der Waals surface area contributed by atoms with E-state index in [1.54, 1.807) is 23.1 Å². The van der Waals surface area contributed by atoms with E-state index < -0.39 is 17.7 Å². The van der Waals surface area contributed by atoms with Gasteiger partial charge >= 0.3 is 0 Å². The molecule has 0 radical (unpaired) electrons. The second-order valence-corrected chi connectivity index (χ2v) is 10.3. The highest BCUT2D eigenvalue weighted by Gasteiger charge is 2.46. The lowest BCUT2D eigenvalue weighted by Crippen LogP contribution is -2.32. The van der Waals surface area contributed by atoms with Crippen LogP contribution >= 0.6 is 0 Å². The predicted molar refractivity (Wildman–Crippen MR) is 157 cm³/mol. The van der Waals surface area contributed by atoms with E-state index in [9.17, 15) is 14.7 Å². The van der Waals surface area contributed by atoms with Crippen LogP contribution < -0.4 is 9.47 Å². The van der Waals surface area contributed by atoms with Crippen molar-refractivity contribution < 1.29 is 24.2 Å². The molecule has 1 atom stereocenters. The van der Waals surface area contributed by atoms with Gasteiger partial charge in [0.2, 0.25) is 0 Å². The molecular weight excluding hydrogens is 504 g/mol. The van der Waals surface area contributed by atoms with Crippen molar-refractivity contribution in [2.75, 3.05) is 33.8 Å². The summed E-state index contributed by atoms with van der Waals surface area (Å²) in [6.07, 6.45) is 2.66. The molecule has 0 aliphatic carbocycles. The maximum Gasteiger partial charge on any atom is 0.295 e. The molecule has 4 rings (SSSR count). The zero-order chi connectivity index (χ0) is 28.6. The maximum atomic E-state index is 13.4. The quantitative estimate of drug-likeness (QED) is 0.125. The highest BCUT2D eigenvalue weighted by atomic mass is 16.5. The predicted octanol–water partition coefficient (Wildman–Crippen LogP) is 6.34. The van der Waals surface area contributed by atoms with Crippen molar-refractivity contribution in [1.82, 2.24) is 9.80 Å². The van der Waals surface area contributed by atoms with Crippen LogP contribution in [-0.4, -0.2) is 60.4 Å². The number of benzene rings is 3. The van der Waals surface area contributed by atoms with E-state index in [-0.39, 0.29) is 11.3 Å². The van der Waals surface area contributed by atoms with Crippen molar-refractivity contribution in [2.45, 2.75) is 39.2 Å². The summed E-state index contributed by atoms with van der Waals surface area (Å²) in [5.74, 6) is 0.481. The summed E-state index contributed by atoms with van der Waals surface area (Å²) in [4.78, 5) is 30.4. The molecule has 3 aromatic carbocycles. The molecular formula is C33H38N2O5. The Balaban J connectivity index is 1.74. The molecule has 1 aliphatic heterocycles. The minimum Gasteiger partial charge on any atom is -0.507 e. The average Bonchev–Trinajstić information content (AvgIpc) is 3.19. The first-order valence-electron chi connectivity index (χ1n) is 13.8. The molecule has 0 unspecified atom stereocenters. The molecule has 1 N–H and O–H groups in total. The number of unbranched alkanes of at least 4 members (excludes halogenated alkanes) is 1. The Bertz CT molecular complexity index is 1370. The Hall–Kier alpha value is -4.10. The van der Waals surface area contributed by atoms with Crippen LogP contribution in [0.25, 0.3) is 5.76 Å². The normalized spacial score (nSPS) is 16.5. The summed E-state index contributed by atoms with van der Waals surface area (Å²) >= 11 is 0. The van der Waals surface area contributed by atoms with Gasteiger partial charge in [0.25, 0.3) is 11.7 Å². The fourth-order valence-electron chi connectivity index (χ4n) is 4.83. The summed E-state index contributed by atoms with van der Waals surface area (Å²) in [6, 6.07) is 21.3. The number of ether oxygens (including phenoxy) is 2. The van der Waals surface area contributed by atoms with E-state index in [2.05, 4.69) is 6.92 Å². The van der Waals surface area contributed by atoms with Gasteiger partial charge in [-0.1, -0.05) is 43.7 Å². The summed E-state index contributed by atoms with van der Waals surface area (Å²) in [6.45, 7) is 5.75. The highest BCUT2D eigenvalue weighted by Crippen LogP contribution is 2.41. The number of carbonyl (C=O) groups is 2. The lowest BCUT2D eigenvalue weighted by atomic mass is 9.94. The van der Waals surface area contributed by atoms with Crippen molar-refractivity contribution in [3.05, 3.63) is 95.1 Å². The van der Waals surface area contributed by atoms with Gasteiger partial charge in [-0.15, -0.1) is 0 Å². The van der Waals surface area contributed by atoms with Crippen LogP contribution in [-0.2, 0) is 9.59 Å². The standard InChI is InChI=1S/C33H38N2O5/c1-5-6-20-39-28-17-16-25(21-23(28)2)31(36)29-30(35(33(38)32(29)37)19-11-18-34(3)4)24-12-10-15-27(22-24)40-26-13-8-7-9-14-26/h7-10,12-17,21-22,30,36H,5-6,11,18-20H2,1-4H3/b31-29+/t30-/m1/s1. The number of amides is 1. The number of hydrogen-bond donors (Lipinski definition) is 1. The van der Waals surface area contributed by atoms with Crippen molar-refractivity contribution >= 4 is 17.4 Å². The minimum absolute atomic E-state index is 0.0748. The number of aliphatic hydroxyl groups excluding tert-OH is 1. The van der Waals surface area contributed by atoms with E-state index >= 15 is 0 Å². The Kier molecular flexibility index (Phi) is 9.61. The third-order valence-corrected chi connectivity index (χ3v) is 6.90. The summed E-state index contributed by atoms with van der Waals surface area (Å²) in [5.41, 5.74) is 2.07. The van der Waals surface area contributed by atoms with Crippen molar-refractivity contribution in [2.24, 2.45) is 0 Å². The number of ketones is 1. The monoisotopic (exact) mass is 542 g/mol. The van der Waals surface area contributed by atoms with Gasteiger partial charge in [0.1, 0.15) is 23.0 Å². The molecule has 40 heavy (non-hydrogen) atoms. The lowest BCUT2D eigenvalue weighted by molar-refractivity contribution is -0.139. The molecule has 7 nitrogen and oxygen atoms in total. The van der Waals surface area contributed by atoms with E-state index in [0.717, 1.165) is 30.7 Å². The Morgan fingerprint density at radius 1 is 0.950 bits per heavy atom. The maximum absolute atomic E-state index is 13.4. The number of aryl methyl sites for hydroxylation is 1. The van der Waals surface area contributed by atoms with Gasteiger partial charge in [-0.25, -0.2) is 0 Å². The molecule has 1 aliphatic rings. The topological polar surface area (TPSA) is 79.3 Å². The molecule has 0 spiro atoms. The first kappa shape index (κ1) is 28.9. The third kappa shape index (κ3) is 6.72. The van der Waals surface area contributed by atoms with Crippen molar-refractivity contribution in [1.29, 1.82) is 0 Å². The highest BCUT2D eigenvalue weighted by molar-refractivity contribution is 6.46. The second kappa shape index (κ2) is 13.3. The SMILES string of the molecule is CCCCOc1ccc(/C(O)=C2\C(=O)C(=O)N(CCCN(C)C)[C@@H]2c2cccc(Oc3ccccc3)c2)cc1C. The molecule has 1 fully saturated rings. The van der Waals surface area contributed by atoms with Gasteiger partial charge in [-0.05, 0) is 94.0 Å². The number of aliphatic hydroxyl groups is 1. The molecule has 0 bridgehead atoms. The summed E-state index contributed by atoms with van der Waals surface area (Å²) < 4.78 is 11.9. The zero-order valence-electron chi connectivity index (χ0n) is 23.7. The van der Waals surface area contributed by atoms with Crippen LogP contribution in [0.4, 0.5) is 0 Å². The van der Waals surface area contributed by atoms with E-state index in [1.165, 1.54) is 0 Å². The number of nitrogens with zero attached hydrogens (tertiary/aromatic N) is 2. The molecule has 0 saturated carbocycles. The van der Waals surface area contributed by atoms with Crippen molar-refractivity contribution in [3.8, 4) is 17.2 Å². The first-order chi connectivity index (χ1) is 19.3. The molecule has 1 heterocycles. The van der Waals surface area contributed by atoms with E-state index in [0.29, 0.717) is 42.2 Å². The number of rotatable bonds is 12. The van der Waals surface area contributed by atoms with E-state index in [1.807, 2.05) is 80.5 Å². The smallest absolute Gasteiger partial charge is 0.295 e. The van der Waals surface area contributed by atoms with Crippen LogP contribution in [0.2, 0.25) is 0 Å². The number of carbonyl (C=O) groups excluding carboxylic acids is 2. The van der Waals surface area contributed by atoms with Gasteiger partial charge in [0.15, 0.2) is 0 Å². The second-order valence-electron chi connectivity index (χ2n) is 10.3. The van der Waals surface area contributed by atoms with Crippen LogP contribution in [0.3, 0.4) is 0 Å². The molecule has 3 aromatic rings. The third-order valence-electron chi connectivity index (χ3n) is 6.90. The Labute approximate surface area is 236 Å². The minimum atomic E-state index is -0.748. The van der Waals surface area contributed by atoms with E-state index in [4.69, 9.17) is 9.47 Å². The average molecular weight is 543 g/mol. The largest absolute Gasteiger partial charge is 0.507 e. The molecule has 210 valence electrons. The van der Waals surface area contributed by atoms with Gasteiger partial charge in [0, 0.05) is 12.1 Å². The number of hydrogen-bond acceptors (Lipinski definition) is 6. The molecule has 0 aromatic heterocycles. The lowest BCUT2D eigenvalue weighted by Gasteiger charge is -2.26. The van der Waals surface area contributed by atoms with Crippen LogP contribution in [0, 0.1) is 6.92 Å². The molecule has 1 saturated heterocycles. The molecule has 1 amide bonds. The van der Waals surface area contributed by atoms with Crippen LogP contribution in [0.15, 0.2) is 78.4 Å². The van der Waals surface area contributed by atoms with Crippen LogP contribution in [0.5, 0.6) is 17.2 Å². The number of Topliss-reactive ketones (excluding diaryl/α,β-unsaturated/α-hetero) is 1. The zero-order valence-corrected chi connectivity index (χ0v) is 23.7. The fourth-order valence-corrected chi connectivity index (χ4v) is 4.83. The number of likely N-dealkylation sites (tertiary alicyclic amines) is 1. The first-order valence-corrected chi connectivity index (χ1v) is 13.8. The van der Waals surface area contributed by atoms with Crippen molar-refractivity contribution in [3.63, 3.8) is 0 Å². The summed E-state index contributed by atoms with van der Waals surface area (Å²) in [7, 11) is 3.93.